The van der Waals surface area contributed by atoms with Crippen molar-refractivity contribution in [1.29, 1.82) is 0 Å². The van der Waals surface area contributed by atoms with E-state index in [9.17, 15) is 5.11 Å². The van der Waals surface area contributed by atoms with E-state index in [1.54, 1.807) is 24.3 Å². The molecule has 0 aliphatic rings. The van der Waals surface area contributed by atoms with Gasteiger partial charge in [-0.25, -0.2) is 0 Å². The Morgan fingerprint density at radius 2 is 1.63 bits per heavy atom. The number of para-hydroxylation sites is 1. The van der Waals surface area contributed by atoms with Gasteiger partial charge in [0.15, 0.2) is 6.10 Å². The molecule has 19 heavy (non-hydrogen) atoms. The van der Waals surface area contributed by atoms with Gasteiger partial charge in [-0.15, -0.1) is 0 Å². The van der Waals surface area contributed by atoms with Crippen LogP contribution >= 0.6 is 11.6 Å². The number of hydrogen-bond donors (Lipinski definition) is 2. The molecule has 0 aromatic heterocycles. The van der Waals surface area contributed by atoms with Crippen molar-refractivity contribution in [2.24, 2.45) is 0 Å². The van der Waals surface area contributed by atoms with Crippen molar-refractivity contribution in [1.82, 2.24) is 0 Å². The van der Waals surface area contributed by atoms with Crippen molar-refractivity contribution in [2.75, 3.05) is 6.61 Å². The Labute approximate surface area is 117 Å². The highest BCUT2D eigenvalue weighted by Gasteiger charge is 2.23. The zero-order valence-corrected chi connectivity index (χ0v) is 11.0. The van der Waals surface area contributed by atoms with E-state index in [2.05, 4.69) is 0 Å². The Kier molecular flexibility index (Phi) is 4.80. The quantitative estimate of drug-likeness (QED) is 0.884. The topological polar surface area (TPSA) is 49.7 Å². The van der Waals surface area contributed by atoms with E-state index < -0.39 is 12.2 Å². The van der Waals surface area contributed by atoms with E-state index in [1.807, 2.05) is 30.3 Å². The van der Waals surface area contributed by atoms with Gasteiger partial charge in [0.2, 0.25) is 0 Å². The van der Waals surface area contributed by atoms with Crippen LogP contribution in [0, 0.1) is 0 Å². The van der Waals surface area contributed by atoms with Gasteiger partial charge in [0.05, 0.1) is 11.6 Å². The van der Waals surface area contributed by atoms with Gasteiger partial charge in [-0.2, -0.15) is 0 Å². The fourth-order valence-corrected chi connectivity index (χ4v) is 1.96. The molecule has 0 saturated heterocycles. The summed E-state index contributed by atoms with van der Waals surface area (Å²) in [5.41, 5.74) is 0.781. The zero-order chi connectivity index (χ0) is 13.7. The second kappa shape index (κ2) is 6.57. The van der Waals surface area contributed by atoms with E-state index in [0.29, 0.717) is 10.8 Å². The van der Waals surface area contributed by atoms with Crippen LogP contribution < -0.4 is 4.74 Å². The predicted octanol–water partition coefficient (Wildman–Crippen LogP) is 2.81. The first-order valence-corrected chi connectivity index (χ1v) is 6.35. The van der Waals surface area contributed by atoms with Gasteiger partial charge in [-0.1, -0.05) is 54.1 Å². The van der Waals surface area contributed by atoms with Crippen molar-refractivity contribution in [2.45, 2.75) is 12.2 Å². The lowest BCUT2D eigenvalue weighted by Gasteiger charge is -2.23. The monoisotopic (exact) mass is 278 g/mol. The molecule has 0 heterocycles. The maximum atomic E-state index is 9.91. The molecule has 0 aliphatic heterocycles. The van der Waals surface area contributed by atoms with Crippen LogP contribution in [0.5, 0.6) is 5.75 Å². The number of halogens is 1. The minimum Gasteiger partial charge on any atom is -0.481 e. The molecule has 0 saturated carbocycles. The Balaban J connectivity index is 2.27. The summed E-state index contributed by atoms with van der Waals surface area (Å²) in [7, 11) is 0. The molecule has 0 fully saturated rings. The molecule has 0 bridgehead atoms. The van der Waals surface area contributed by atoms with E-state index in [-0.39, 0.29) is 6.61 Å². The summed E-state index contributed by atoms with van der Waals surface area (Å²) in [4.78, 5) is 0. The van der Waals surface area contributed by atoms with E-state index >= 15 is 0 Å². The molecule has 2 rings (SSSR count). The van der Waals surface area contributed by atoms with Crippen molar-refractivity contribution < 1.29 is 14.9 Å². The maximum Gasteiger partial charge on any atom is 0.152 e. The molecule has 0 radical (unpaired) electrons. The lowest BCUT2D eigenvalue weighted by atomic mass is 10.0. The van der Waals surface area contributed by atoms with Gasteiger partial charge in [-0.3, -0.25) is 0 Å². The van der Waals surface area contributed by atoms with Crippen LogP contribution in [0.1, 0.15) is 11.7 Å². The highest BCUT2D eigenvalue weighted by atomic mass is 35.5. The van der Waals surface area contributed by atoms with Gasteiger partial charge in [-0.05, 0) is 17.7 Å². The maximum absolute atomic E-state index is 9.91. The molecule has 2 atom stereocenters. The average Bonchev–Trinajstić information content (AvgIpc) is 2.46. The summed E-state index contributed by atoms with van der Waals surface area (Å²) in [6.07, 6.45) is -1.68. The molecule has 0 aliphatic carbocycles. The van der Waals surface area contributed by atoms with Crippen LogP contribution in [-0.4, -0.2) is 22.9 Å². The van der Waals surface area contributed by atoms with Crippen LogP contribution in [0.15, 0.2) is 54.6 Å². The van der Waals surface area contributed by atoms with Crippen molar-refractivity contribution in [3.05, 3.63) is 65.2 Å². The van der Waals surface area contributed by atoms with Gasteiger partial charge in [0.25, 0.3) is 0 Å². The Morgan fingerprint density at radius 3 is 2.26 bits per heavy atom. The van der Waals surface area contributed by atoms with Crippen molar-refractivity contribution in [3.63, 3.8) is 0 Å². The third kappa shape index (κ3) is 3.47. The summed E-state index contributed by atoms with van der Waals surface area (Å²) in [6.45, 7) is -0.385. The van der Waals surface area contributed by atoms with Crippen molar-refractivity contribution in [3.8, 4) is 5.75 Å². The van der Waals surface area contributed by atoms with E-state index in [0.717, 1.165) is 5.56 Å². The minimum absolute atomic E-state index is 0.385. The van der Waals surface area contributed by atoms with Gasteiger partial charge in [0.1, 0.15) is 11.9 Å². The molecule has 100 valence electrons. The van der Waals surface area contributed by atoms with Crippen LogP contribution in [-0.2, 0) is 0 Å². The number of ether oxygens (including phenoxy) is 1. The fraction of sp³-hybridized carbons (Fsp3) is 0.200. The highest BCUT2D eigenvalue weighted by molar-refractivity contribution is 6.32. The Bertz CT molecular complexity index is 516. The lowest BCUT2D eigenvalue weighted by Crippen LogP contribution is -2.27. The highest BCUT2D eigenvalue weighted by Crippen LogP contribution is 2.30. The molecular formula is C15H15ClO3. The first-order valence-electron chi connectivity index (χ1n) is 5.97. The largest absolute Gasteiger partial charge is 0.481 e. The summed E-state index contributed by atoms with van der Waals surface area (Å²) in [5.74, 6) is 0.477. The standard InChI is InChI=1S/C15H15ClO3/c16-12-8-4-5-9-14(12)19-15(13(18)10-17)11-6-2-1-3-7-11/h1-9,13,15,17-18H,10H2/t13-,15+/m0/s1. The van der Waals surface area contributed by atoms with E-state index in [1.165, 1.54) is 0 Å². The molecule has 2 N–H and O–H groups in total. The predicted molar refractivity (Wildman–Crippen MR) is 74.4 cm³/mol. The first kappa shape index (κ1) is 13.9. The Morgan fingerprint density at radius 1 is 1.00 bits per heavy atom. The molecular weight excluding hydrogens is 264 g/mol. The minimum atomic E-state index is -1.02. The number of hydrogen-bond acceptors (Lipinski definition) is 3. The van der Waals surface area contributed by atoms with Crippen LogP contribution in [0.3, 0.4) is 0 Å². The van der Waals surface area contributed by atoms with Gasteiger partial charge in [0, 0.05) is 0 Å². The molecule has 0 amide bonds. The Hall–Kier alpha value is -1.55. The molecule has 4 heteroatoms. The SMILES string of the molecule is OC[C@H](O)[C@H](Oc1ccccc1Cl)c1ccccc1. The van der Waals surface area contributed by atoms with E-state index in [4.69, 9.17) is 21.4 Å². The molecule has 0 unspecified atom stereocenters. The van der Waals surface area contributed by atoms with Gasteiger partial charge < -0.3 is 14.9 Å². The normalized spacial score (nSPS) is 13.8. The summed E-state index contributed by atoms with van der Waals surface area (Å²) in [6, 6.07) is 16.3. The number of aliphatic hydroxyl groups is 2. The first-order chi connectivity index (χ1) is 9.22. The summed E-state index contributed by atoms with van der Waals surface area (Å²) >= 11 is 6.03. The number of aliphatic hydroxyl groups excluding tert-OH is 2. The van der Waals surface area contributed by atoms with Crippen molar-refractivity contribution >= 4 is 11.6 Å². The average molecular weight is 279 g/mol. The molecule has 0 spiro atoms. The van der Waals surface area contributed by atoms with Crippen LogP contribution in [0.25, 0.3) is 0 Å². The summed E-state index contributed by atoms with van der Waals surface area (Å²) in [5, 5.41) is 19.5. The fourth-order valence-electron chi connectivity index (χ4n) is 1.78. The second-order valence-electron chi connectivity index (χ2n) is 4.13. The lowest BCUT2D eigenvalue weighted by molar-refractivity contribution is -0.00185. The molecule has 3 nitrogen and oxygen atoms in total. The third-order valence-electron chi connectivity index (χ3n) is 2.76. The summed E-state index contributed by atoms with van der Waals surface area (Å²) < 4.78 is 5.74. The van der Waals surface area contributed by atoms with Crippen LogP contribution in [0.2, 0.25) is 5.02 Å². The smallest absolute Gasteiger partial charge is 0.152 e. The number of benzene rings is 2. The second-order valence-corrected chi connectivity index (χ2v) is 4.54. The molecule has 2 aromatic rings. The molecule has 2 aromatic carbocycles. The van der Waals surface area contributed by atoms with Crippen LogP contribution in [0.4, 0.5) is 0 Å². The number of rotatable bonds is 5. The zero-order valence-electron chi connectivity index (χ0n) is 10.2. The third-order valence-corrected chi connectivity index (χ3v) is 3.07. The van der Waals surface area contributed by atoms with Gasteiger partial charge >= 0.3 is 0 Å².